The zero-order valence-corrected chi connectivity index (χ0v) is 12.7. The Balaban J connectivity index is 1.73. The lowest BCUT2D eigenvalue weighted by atomic mass is 10.3. The molecule has 6 heteroatoms. The number of aromatic amines is 2. The molecule has 0 radical (unpaired) electrons. The standard InChI is InChI=1S/C14H9N3S3/c18-13-15-9-6-5-8(7-11(9)16-13)19-14-17-10-3-1-2-4-12(10)20-14/h1-7H,(H2,15,16,18). The summed E-state index contributed by atoms with van der Waals surface area (Å²) in [6, 6.07) is 14.4. The molecule has 0 saturated carbocycles. The molecule has 2 aromatic carbocycles. The summed E-state index contributed by atoms with van der Waals surface area (Å²) < 4.78 is 2.93. The number of nitrogens with zero attached hydrogens (tertiary/aromatic N) is 1. The molecule has 2 aromatic heterocycles. The summed E-state index contributed by atoms with van der Waals surface area (Å²) in [6.07, 6.45) is 0. The van der Waals surface area contributed by atoms with Crippen LogP contribution in [0.25, 0.3) is 21.3 Å². The van der Waals surface area contributed by atoms with Crippen LogP contribution in [0.15, 0.2) is 51.7 Å². The number of fused-ring (bicyclic) bond motifs is 2. The monoisotopic (exact) mass is 315 g/mol. The number of hydrogen-bond donors (Lipinski definition) is 2. The summed E-state index contributed by atoms with van der Waals surface area (Å²) in [5, 5.41) is 0. The number of nitrogens with one attached hydrogen (secondary N) is 2. The summed E-state index contributed by atoms with van der Waals surface area (Å²) in [5.41, 5.74) is 3.12. The van der Waals surface area contributed by atoms with Gasteiger partial charge in [-0.25, -0.2) is 4.98 Å². The number of thiazole rings is 1. The molecule has 4 rings (SSSR count). The van der Waals surface area contributed by atoms with E-state index in [2.05, 4.69) is 33.2 Å². The van der Waals surface area contributed by atoms with Crippen molar-refractivity contribution in [2.24, 2.45) is 0 Å². The maximum atomic E-state index is 5.10. The Kier molecular flexibility index (Phi) is 2.87. The Morgan fingerprint density at radius 2 is 1.90 bits per heavy atom. The SMILES string of the molecule is S=c1[nH]c2ccc(Sc3nc4ccccc4s3)cc2[nH]1. The van der Waals surface area contributed by atoms with E-state index in [1.165, 1.54) is 4.70 Å². The Labute approximate surface area is 128 Å². The lowest BCUT2D eigenvalue weighted by molar-refractivity contribution is 1.29. The molecule has 2 heterocycles. The third-order valence-electron chi connectivity index (χ3n) is 2.97. The molecular formula is C14H9N3S3. The number of H-pyrrole nitrogens is 2. The smallest absolute Gasteiger partial charge is 0.175 e. The molecule has 0 aliphatic rings. The summed E-state index contributed by atoms with van der Waals surface area (Å²) in [6.45, 7) is 0. The van der Waals surface area contributed by atoms with E-state index in [1.54, 1.807) is 23.1 Å². The average molecular weight is 315 g/mol. The quantitative estimate of drug-likeness (QED) is 0.512. The third-order valence-corrected chi connectivity index (χ3v) is 5.26. The van der Waals surface area contributed by atoms with E-state index in [4.69, 9.17) is 12.2 Å². The van der Waals surface area contributed by atoms with Gasteiger partial charge in [-0.1, -0.05) is 23.9 Å². The van der Waals surface area contributed by atoms with Crippen LogP contribution in [0.3, 0.4) is 0 Å². The van der Waals surface area contributed by atoms with Gasteiger partial charge in [0.05, 0.1) is 21.3 Å². The van der Waals surface area contributed by atoms with E-state index >= 15 is 0 Å². The molecule has 2 N–H and O–H groups in total. The highest BCUT2D eigenvalue weighted by Gasteiger charge is 2.06. The molecule has 0 unspecified atom stereocenters. The molecular weight excluding hydrogens is 306 g/mol. The zero-order chi connectivity index (χ0) is 13.5. The third kappa shape index (κ3) is 2.15. The van der Waals surface area contributed by atoms with Crippen molar-refractivity contribution in [1.82, 2.24) is 15.0 Å². The van der Waals surface area contributed by atoms with Gasteiger partial charge < -0.3 is 9.97 Å². The minimum atomic E-state index is 0.655. The van der Waals surface area contributed by atoms with Crippen LogP contribution >= 0.6 is 35.3 Å². The van der Waals surface area contributed by atoms with Crippen molar-refractivity contribution in [2.45, 2.75) is 9.24 Å². The second-order valence-corrected chi connectivity index (χ2v) is 7.10. The fourth-order valence-electron chi connectivity index (χ4n) is 2.07. The van der Waals surface area contributed by atoms with Crippen LogP contribution < -0.4 is 0 Å². The molecule has 0 saturated heterocycles. The molecule has 0 aliphatic carbocycles. The number of benzene rings is 2. The Hall–Kier alpha value is -1.63. The maximum absolute atomic E-state index is 5.10. The molecule has 0 fully saturated rings. The number of rotatable bonds is 2. The van der Waals surface area contributed by atoms with Gasteiger partial charge in [-0.15, -0.1) is 11.3 Å². The Bertz CT molecular complexity index is 931. The van der Waals surface area contributed by atoms with Crippen molar-refractivity contribution in [3.63, 3.8) is 0 Å². The number of imidazole rings is 1. The first-order chi connectivity index (χ1) is 9.78. The Morgan fingerprint density at radius 1 is 1.05 bits per heavy atom. The van der Waals surface area contributed by atoms with E-state index in [9.17, 15) is 0 Å². The van der Waals surface area contributed by atoms with Crippen molar-refractivity contribution in [3.05, 3.63) is 47.2 Å². The average Bonchev–Trinajstić information content (AvgIpc) is 2.99. The van der Waals surface area contributed by atoms with Gasteiger partial charge in [-0.05, 0) is 42.5 Å². The first-order valence-electron chi connectivity index (χ1n) is 6.03. The Morgan fingerprint density at radius 3 is 2.80 bits per heavy atom. The van der Waals surface area contributed by atoms with Gasteiger partial charge in [0, 0.05) is 4.90 Å². The minimum Gasteiger partial charge on any atom is -0.331 e. The molecule has 0 aliphatic heterocycles. The van der Waals surface area contributed by atoms with Crippen LogP contribution in [0.1, 0.15) is 0 Å². The highest BCUT2D eigenvalue weighted by molar-refractivity contribution is 8.01. The lowest BCUT2D eigenvalue weighted by Gasteiger charge is -1.97. The van der Waals surface area contributed by atoms with Crippen molar-refractivity contribution in [2.75, 3.05) is 0 Å². The van der Waals surface area contributed by atoms with Gasteiger partial charge in [0.2, 0.25) is 0 Å². The lowest BCUT2D eigenvalue weighted by Crippen LogP contribution is -1.74. The molecule has 98 valence electrons. The van der Waals surface area contributed by atoms with Crippen LogP contribution in [0.2, 0.25) is 0 Å². The van der Waals surface area contributed by atoms with Gasteiger partial charge in [0.15, 0.2) is 9.11 Å². The van der Waals surface area contributed by atoms with Crippen LogP contribution in [-0.2, 0) is 0 Å². The number of para-hydroxylation sites is 1. The second-order valence-electron chi connectivity index (χ2n) is 4.34. The highest BCUT2D eigenvalue weighted by atomic mass is 32.2. The molecule has 3 nitrogen and oxygen atoms in total. The molecule has 0 spiro atoms. The van der Waals surface area contributed by atoms with Crippen molar-refractivity contribution < 1.29 is 0 Å². The predicted molar refractivity (Wildman–Crippen MR) is 87.2 cm³/mol. The first-order valence-corrected chi connectivity index (χ1v) is 8.07. The maximum Gasteiger partial charge on any atom is 0.175 e. The minimum absolute atomic E-state index is 0.655. The van der Waals surface area contributed by atoms with Gasteiger partial charge in [-0.2, -0.15) is 0 Å². The normalized spacial score (nSPS) is 11.4. The zero-order valence-electron chi connectivity index (χ0n) is 10.2. The summed E-state index contributed by atoms with van der Waals surface area (Å²) in [4.78, 5) is 12.0. The van der Waals surface area contributed by atoms with Gasteiger partial charge in [0.1, 0.15) is 0 Å². The van der Waals surface area contributed by atoms with Crippen molar-refractivity contribution in [3.8, 4) is 0 Å². The predicted octanol–water partition coefficient (Wildman–Crippen LogP) is 4.99. The first kappa shape index (κ1) is 12.1. The number of aromatic nitrogens is 3. The van der Waals surface area contributed by atoms with Gasteiger partial charge in [-0.3, -0.25) is 0 Å². The number of hydrogen-bond acceptors (Lipinski definition) is 4. The van der Waals surface area contributed by atoms with E-state index < -0.39 is 0 Å². The van der Waals surface area contributed by atoms with Crippen molar-refractivity contribution in [1.29, 1.82) is 0 Å². The fraction of sp³-hybridized carbons (Fsp3) is 0. The molecule has 0 atom stereocenters. The molecule has 0 amide bonds. The van der Waals surface area contributed by atoms with Crippen molar-refractivity contribution >= 4 is 56.6 Å². The van der Waals surface area contributed by atoms with Crippen LogP contribution in [0.4, 0.5) is 0 Å². The van der Waals surface area contributed by atoms with E-state index in [0.29, 0.717) is 4.77 Å². The molecule has 4 aromatic rings. The highest BCUT2D eigenvalue weighted by Crippen LogP contribution is 2.35. The van der Waals surface area contributed by atoms with Gasteiger partial charge in [0.25, 0.3) is 0 Å². The molecule has 0 bridgehead atoms. The van der Waals surface area contributed by atoms with E-state index in [-0.39, 0.29) is 0 Å². The summed E-state index contributed by atoms with van der Waals surface area (Å²) >= 11 is 8.49. The van der Waals surface area contributed by atoms with Crippen LogP contribution in [0.5, 0.6) is 0 Å². The topological polar surface area (TPSA) is 44.5 Å². The second kappa shape index (κ2) is 4.73. The van der Waals surface area contributed by atoms with E-state index in [0.717, 1.165) is 25.8 Å². The van der Waals surface area contributed by atoms with E-state index in [1.807, 2.05) is 24.3 Å². The van der Waals surface area contributed by atoms with Gasteiger partial charge >= 0.3 is 0 Å². The van der Waals surface area contributed by atoms with Crippen LogP contribution in [0, 0.1) is 4.77 Å². The van der Waals surface area contributed by atoms with Crippen LogP contribution in [-0.4, -0.2) is 15.0 Å². The molecule has 20 heavy (non-hydrogen) atoms. The largest absolute Gasteiger partial charge is 0.331 e. The summed E-state index contributed by atoms with van der Waals surface area (Å²) in [7, 11) is 0. The summed E-state index contributed by atoms with van der Waals surface area (Å²) in [5.74, 6) is 0. The fourth-order valence-corrected chi connectivity index (χ4v) is 4.37.